The van der Waals surface area contributed by atoms with E-state index in [4.69, 9.17) is 14.0 Å². The fourth-order valence-corrected chi connectivity index (χ4v) is 2.31. The van der Waals surface area contributed by atoms with Crippen LogP contribution in [0.1, 0.15) is 17.0 Å². The van der Waals surface area contributed by atoms with Crippen molar-refractivity contribution in [2.24, 2.45) is 0 Å². The topological polar surface area (TPSA) is 74.5 Å². The molecule has 0 atom stereocenters. The Balaban J connectivity index is 1.59. The average Bonchev–Trinajstić information content (AvgIpc) is 3.15. The Morgan fingerprint density at radius 1 is 1.19 bits per heavy atom. The van der Waals surface area contributed by atoms with Crippen LogP contribution in [0.2, 0.25) is 0 Å². The number of hydrogen-bond acceptors (Lipinski definition) is 6. The molecule has 0 N–H and O–H groups in total. The second kappa shape index (κ2) is 8.11. The predicted molar refractivity (Wildman–Crippen MR) is 96.3 cm³/mol. The highest BCUT2D eigenvalue weighted by Gasteiger charge is 2.11. The number of carbonyl (C=O) groups is 1. The van der Waals surface area contributed by atoms with Gasteiger partial charge in [-0.25, -0.2) is 4.79 Å². The molecule has 2 aromatic carbocycles. The minimum atomic E-state index is -0.477. The maximum Gasteiger partial charge on any atom is 0.331 e. The number of methoxy groups -OCH3 is 1. The molecule has 6 nitrogen and oxygen atoms in total. The van der Waals surface area contributed by atoms with Gasteiger partial charge in [-0.3, -0.25) is 0 Å². The monoisotopic (exact) mass is 350 g/mol. The lowest BCUT2D eigenvalue weighted by Gasteiger charge is -2.00. The molecule has 1 heterocycles. The van der Waals surface area contributed by atoms with Crippen molar-refractivity contribution in [2.45, 2.75) is 13.5 Å². The van der Waals surface area contributed by atoms with Gasteiger partial charge in [0.25, 0.3) is 5.89 Å². The largest absolute Gasteiger partial charge is 0.497 e. The van der Waals surface area contributed by atoms with Gasteiger partial charge in [-0.15, -0.1) is 0 Å². The van der Waals surface area contributed by atoms with Crippen LogP contribution in [-0.2, 0) is 16.1 Å². The predicted octanol–water partition coefficient (Wildman–Crippen LogP) is 3.81. The Morgan fingerprint density at radius 3 is 2.85 bits per heavy atom. The number of ether oxygens (including phenoxy) is 2. The summed E-state index contributed by atoms with van der Waals surface area (Å²) in [6, 6.07) is 15.1. The molecule has 0 saturated heterocycles. The van der Waals surface area contributed by atoms with Gasteiger partial charge in [0.2, 0.25) is 5.82 Å². The molecule has 0 saturated carbocycles. The summed E-state index contributed by atoms with van der Waals surface area (Å²) in [7, 11) is 1.59. The average molecular weight is 350 g/mol. The molecule has 0 unspecified atom stereocenters. The van der Waals surface area contributed by atoms with E-state index < -0.39 is 5.97 Å². The Bertz CT molecular complexity index is 931. The number of esters is 1. The van der Waals surface area contributed by atoms with Crippen molar-refractivity contribution in [3.05, 3.63) is 71.6 Å². The van der Waals surface area contributed by atoms with E-state index in [9.17, 15) is 4.79 Å². The molecule has 3 rings (SSSR count). The summed E-state index contributed by atoms with van der Waals surface area (Å²) >= 11 is 0. The second-order valence-electron chi connectivity index (χ2n) is 5.54. The normalized spacial score (nSPS) is 10.8. The molecular weight excluding hydrogens is 332 g/mol. The van der Waals surface area contributed by atoms with Gasteiger partial charge in [0.15, 0.2) is 6.61 Å². The zero-order valence-corrected chi connectivity index (χ0v) is 14.5. The highest BCUT2D eigenvalue weighted by Crippen LogP contribution is 2.21. The lowest BCUT2D eigenvalue weighted by atomic mass is 10.1. The molecule has 0 aliphatic carbocycles. The fraction of sp³-hybridized carbons (Fsp3) is 0.150. The van der Waals surface area contributed by atoms with Gasteiger partial charge in [-0.2, -0.15) is 4.98 Å². The first-order valence-electron chi connectivity index (χ1n) is 8.03. The van der Waals surface area contributed by atoms with Gasteiger partial charge >= 0.3 is 5.97 Å². The summed E-state index contributed by atoms with van der Waals surface area (Å²) in [4.78, 5) is 16.1. The molecule has 0 spiro atoms. The van der Waals surface area contributed by atoms with Gasteiger partial charge in [0, 0.05) is 11.6 Å². The van der Waals surface area contributed by atoms with Crippen molar-refractivity contribution in [3.63, 3.8) is 0 Å². The molecule has 26 heavy (non-hydrogen) atoms. The third-order valence-electron chi connectivity index (χ3n) is 3.72. The molecule has 132 valence electrons. The number of benzene rings is 2. The summed E-state index contributed by atoms with van der Waals surface area (Å²) < 4.78 is 15.4. The van der Waals surface area contributed by atoms with E-state index in [1.54, 1.807) is 19.3 Å². The van der Waals surface area contributed by atoms with Crippen LogP contribution in [0.4, 0.5) is 0 Å². The van der Waals surface area contributed by atoms with E-state index in [0.717, 1.165) is 16.7 Å². The van der Waals surface area contributed by atoms with Crippen LogP contribution in [0.25, 0.3) is 17.5 Å². The van der Waals surface area contributed by atoms with Crippen molar-refractivity contribution in [1.29, 1.82) is 0 Å². The number of carbonyl (C=O) groups excluding carboxylic acids is 1. The molecular formula is C20H18N2O4. The standard InChI is InChI=1S/C20H18N2O4/c1-14-6-3-4-7-15(14)10-11-19(23)25-13-18-21-20(22-26-18)16-8-5-9-17(12-16)24-2/h3-12H,13H2,1-2H3/b11-10+. The SMILES string of the molecule is COc1cccc(-c2noc(COC(=O)/C=C/c3ccccc3C)n2)c1. The Morgan fingerprint density at radius 2 is 2.04 bits per heavy atom. The third-order valence-corrected chi connectivity index (χ3v) is 3.72. The molecule has 0 bridgehead atoms. The van der Waals surface area contributed by atoms with Gasteiger partial charge in [0.1, 0.15) is 5.75 Å². The molecule has 0 radical (unpaired) electrons. The quantitative estimate of drug-likeness (QED) is 0.497. The van der Waals surface area contributed by atoms with Gasteiger partial charge in [-0.05, 0) is 36.3 Å². The van der Waals surface area contributed by atoms with Crippen LogP contribution in [0.15, 0.2) is 59.1 Å². The highest BCUT2D eigenvalue weighted by atomic mass is 16.6. The molecule has 0 fully saturated rings. The summed E-state index contributed by atoms with van der Waals surface area (Å²) in [5.41, 5.74) is 2.80. The molecule has 0 aliphatic heterocycles. The molecule has 6 heteroatoms. The summed E-state index contributed by atoms with van der Waals surface area (Å²) in [5.74, 6) is 0.849. The Labute approximate surface area is 151 Å². The molecule has 0 amide bonds. The third kappa shape index (κ3) is 4.36. The van der Waals surface area contributed by atoms with Crippen LogP contribution in [-0.4, -0.2) is 23.2 Å². The number of aromatic nitrogens is 2. The number of nitrogens with zero attached hydrogens (tertiary/aromatic N) is 2. The van der Waals surface area contributed by atoms with Gasteiger partial charge in [0.05, 0.1) is 7.11 Å². The summed E-state index contributed by atoms with van der Waals surface area (Å²) in [5, 5.41) is 3.89. The zero-order chi connectivity index (χ0) is 18.4. The van der Waals surface area contributed by atoms with Crippen LogP contribution in [0, 0.1) is 6.92 Å². The lowest BCUT2D eigenvalue weighted by molar-refractivity contribution is -0.139. The van der Waals surface area contributed by atoms with E-state index >= 15 is 0 Å². The van der Waals surface area contributed by atoms with Crippen LogP contribution >= 0.6 is 0 Å². The first-order chi connectivity index (χ1) is 12.7. The first-order valence-corrected chi connectivity index (χ1v) is 8.03. The van der Waals surface area contributed by atoms with Crippen molar-refractivity contribution in [1.82, 2.24) is 10.1 Å². The number of rotatable bonds is 6. The number of aryl methyl sites for hydroxylation is 1. The van der Waals surface area contributed by atoms with Crippen LogP contribution in [0.5, 0.6) is 5.75 Å². The van der Waals surface area contributed by atoms with Crippen LogP contribution in [0.3, 0.4) is 0 Å². The maximum atomic E-state index is 11.8. The van der Waals surface area contributed by atoms with Crippen molar-refractivity contribution < 1.29 is 18.8 Å². The van der Waals surface area contributed by atoms with E-state index in [0.29, 0.717) is 11.6 Å². The van der Waals surface area contributed by atoms with Gasteiger partial charge in [-0.1, -0.05) is 41.6 Å². The minimum absolute atomic E-state index is 0.0894. The smallest absolute Gasteiger partial charge is 0.331 e. The summed E-state index contributed by atoms with van der Waals surface area (Å²) in [6.07, 6.45) is 3.09. The molecule has 0 aliphatic rings. The second-order valence-corrected chi connectivity index (χ2v) is 5.54. The number of hydrogen-bond donors (Lipinski definition) is 0. The Kier molecular flexibility index (Phi) is 5.43. The molecule has 1 aromatic heterocycles. The first kappa shape index (κ1) is 17.4. The summed E-state index contributed by atoms with van der Waals surface area (Å²) in [6.45, 7) is 1.89. The van der Waals surface area contributed by atoms with Crippen LogP contribution < -0.4 is 4.74 Å². The highest BCUT2D eigenvalue weighted by molar-refractivity contribution is 5.87. The Hall–Kier alpha value is -3.41. The minimum Gasteiger partial charge on any atom is -0.497 e. The van der Waals surface area contributed by atoms with Crippen molar-refractivity contribution >= 4 is 12.0 Å². The lowest BCUT2D eigenvalue weighted by Crippen LogP contribution is -2.01. The van der Waals surface area contributed by atoms with E-state index in [1.165, 1.54) is 6.08 Å². The van der Waals surface area contributed by atoms with E-state index in [-0.39, 0.29) is 12.5 Å². The molecule has 3 aromatic rings. The van der Waals surface area contributed by atoms with Crippen molar-refractivity contribution in [2.75, 3.05) is 7.11 Å². The fourth-order valence-electron chi connectivity index (χ4n) is 2.31. The van der Waals surface area contributed by atoms with E-state index in [2.05, 4.69) is 10.1 Å². The zero-order valence-electron chi connectivity index (χ0n) is 14.5. The van der Waals surface area contributed by atoms with Gasteiger partial charge < -0.3 is 14.0 Å². The van der Waals surface area contributed by atoms with E-state index in [1.807, 2.05) is 49.4 Å². The van der Waals surface area contributed by atoms with Crippen molar-refractivity contribution in [3.8, 4) is 17.1 Å². The maximum absolute atomic E-state index is 11.8.